The van der Waals surface area contributed by atoms with Gasteiger partial charge in [-0.05, 0) is 13.8 Å². The molecule has 0 unspecified atom stereocenters. The van der Waals surface area contributed by atoms with Crippen molar-refractivity contribution in [2.45, 2.75) is 19.7 Å². The first kappa shape index (κ1) is 9.61. The van der Waals surface area contributed by atoms with E-state index in [-0.39, 0.29) is 0 Å². The molecule has 0 amide bonds. The van der Waals surface area contributed by atoms with E-state index in [1.165, 1.54) is 11.3 Å². The van der Waals surface area contributed by atoms with E-state index in [4.69, 9.17) is 11.6 Å². The Morgan fingerprint density at radius 2 is 2.21 bits per heavy atom. The van der Waals surface area contributed by atoms with E-state index in [9.17, 15) is 0 Å². The molecule has 2 heterocycles. The summed E-state index contributed by atoms with van der Waals surface area (Å²) in [7, 11) is 0. The third kappa shape index (κ3) is 1.53. The molecule has 74 valence electrons. The van der Waals surface area contributed by atoms with E-state index >= 15 is 0 Å². The molecule has 4 nitrogen and oxygen atoms in total. The summed E-state index contributed by atoms with van der Waals surface area (Å²) in [6, 6.07) is 0. The Labute approximate surface area is 90.6 Å². The monoisotopic (exact) mass is 228 g/mol. The van der Waals surface area contributed by atoms with Gasteiger partial charge in [-0.25, -0.2) is 4.98 Å². The van der Waals surface area contributed by atoms with Gasteiger partial charge < -0.3 is 0 Å². The van der Waals surface area contributed by atoms with Crippen LogP contribution in [0.4, 0.5) is 0 Å². The zero-order valence-electron chi connectivity index (χ0n) is 7.86. The van der Waals surface area contributed by atoms with Crippen LogP contribution >= 0.6 is 22.9 Å². The van der Waals surface area contributed by atoms with Gasteiger partial charge in [-0.1, -0.05) is 11.3 Å². The Bertz CT molecular complexity index is 448. The van der Waals surface area contributed by atoms with Crippen LogP contribution in [0.25, 0.3) is 5.13 Å². The fourth-order valence-corrected chi connectivity index (χ4v) is 2.02. The highest BCUT2D eigenvalue weighted by Crippen LogP contribution is 2.18. The first-order valence-electron chi connectivity index (χ1n) is 4.11. The number of nitrogens with zero attached hydrogens (tertiary/aromatic N) is 4. The van der Waals surface area contributed by atoms with E-state index in [1.807, 2.05) is 18.4 Å². The molecule has 6 heteroatoms. The van der Waals surface area contributed by atoms with Gasteiger partial charge in [0, 0.05) is 5.69 Å². The van der Waals surface area contributed by atoms with Crippen LogP contribution in [-0.2, 0) is 5.88 Å². The minimum Gasteiger partial charge on any atom is -0.277 e. The molecule has 14 heavy (non-hydrogen) atoms. The van der Waals surface area contributed by atoms with Crippen molar-refractivity contribution < 1.29 is 0 Å². The molecule has 0 aromatic carbocycles. The number of rotatable bonds is 2. The lowest BCUT2D eigenvalue weighted by Gasteiger charge is -1.97. The van der Waals surface area contributed by atoms with Gasteiger partial charge in [-0.15, -0.1) is 21.8 Å². The van der Waals surface area contributed by atoms with Gasteiger partial charge in [0.2, 0.25) is 5.13 Å². The van der Waals surface area contributed by atoms with Crippen LogP contribution in [0.15, 0.2) is 6.33 Å². The minimum atomic E-state index is 0.407. The molecule has 2 aromatic heterocycles. The van der Waals surface area contributed by atoms with Crippen LogP contribution in [0.2, 0.25) is 0 Å². The predicted molar refractivity (Wildman–Crippen MR) is 56.1 cm³/mol. The Hall–Kier alpha value is -0.940. The van der Waals surface area contributed by atoms with Crippen LogP contribution in [0.1, 0.15) is 16.4 Å². The first-order chi connectivity index (χ1) is 6.72. The highest BCUT2D eigenvalue weighted by atomic mass is 35.5. The summed E-state index contributed by atoms with van der Waals surface area (Å²) in [6.45, 7) is 3.97. The van der Waals surface area contributed by atoms with E-state index < -0.39 is 0 Å². The number of hydrogen-bond donors (Lipinski definition) is 0. The topological polar surface area (TPSA) is 43.6 Å². The highest BCUT2D eigenvalue weighted by molar-refractivity contribution is 7.13. The van der Waals surface area contributed by atoms with Crippen LogP contribution in [0.3, 0.4) is 0 Å². The largest absolute Gasteiger partial charge is 0.277 e. The molecule has 0 aliphatic heterocycles. The maximum atomic E-state index is 5.66. The Morgan fingerprint density at radius 1 is 1.43 bits per heavy atom. The van der Waals surface area contributed by atoms with Crippen molar-refractivity contribution in [3.63, 3.8) is 0 Å². The van der Waals surface area contributed by atoms with E-state index in [1.54, 1.807) is 6.33 Å². The third-order valence-electron chi connectivity index (χ3n) is 2.03. The normalized spacial score (nSPS) is 10.8. The lowest BCUT2D eigenvalue weighted by Crippen LogP contribution is -1.94. The molecule has 0 aliphatic rings. The Kier molecular flexibility index (Phi) is 2.52. The standard InChI is InChI=1S/C8H9ClN4S/c1-5-6(2)13(4-10-5)8-12-11-7(3-9)14-8/h4H,3H2,1-2H3. The van der Waals surface area contributed by atoms with Gasteiger partial charge in [-0.2, -0.15) is 0 Å². The second-order valence-corrected chi connectivity index (χ2v) is 4.21. The molecule has 2 aromatic rings. The van der Waals surface area contributed by atoms with Gasteiger partial charge in [0.1, 0.15) is 11.3 Å². The lowest BCUT2D eigenvalue weighted by molar-refractivity contribution is 0.924. The lowest BCUT2D eigenvalue weighted by atomic mass is 10.4. The van der Waals surface area contributed by atoms with Crippen LogP contribution in [0, 0.1) is 13.8 Å². The molecule has 0 atom stereocenters. The van der Waals surface area contributed by atoms with Gasteiger partial charge in [0.25, 0.3) is 0 Å². The highest BCUT2D eigenvalue weighted by Gasteiger charge is 2.09. The zero-order chi connectivity index (χ0) is 10.1. The van der Waals surface area contributed by atoms with E-state index in [2.05, 4.69) is 15.2 Å². The molecular weight excluding hydrogens is 220 g/mol. The third-order valence-corrected chi connectivity index (χ3v) is 3.36. The van der Waals surface area contributed by atoms with Crippen molar-refractivity contribution >= 4 is 22.9 Å². The number of alkyl halides is 1. The molecule has 0 fully saturated rings. The second-order valence-electron chi connectivity index (χ2n) is 2.90. The van der Waals surface area contributed by atoms with Crippen molar-refractivity contribution in [2.24, 2.45) is 0 Å². The van der Waals surface area contributed by atoms with E-state index in [0.29, 0.717) is 5.88 Å². The van der Waals surface area contributed by atoms with Crippen molar-refractivity contribution in [1.29, 1.82) is 0 Å². The van der Waals surface area contributed by atoms with Crippen molar-refractivity contribution in [1.82, 2.24) is 19.7 Å². The van der Waals surface area contributed by atoms with Crippen molar-refractivity contribution in [3.05, 3.63) is 22.7 Å². The summed E-state index contributed by atoms with van der Waals surface area (Å²) >= 11 is 7.14. The van der Waals surface area contributed by atoms with Gasteiger partial charge in [0.05, 0.1) is 11.6 Å². The fraction of sp³-hybridized carbons (Fsp3) is 0.375. The maximum absolute atomic E-state index is 5.66. The SMILES string of the molecule is Cc1ncn(-c2nnc(CCl)s2)c1C. The zero-order valence-corrected chi connectivity index (χ0v) is 9.43. The molecule has 0 spiro atoms. The number of hydrogen-bond acceptors (Lipinski definition) is 4. The van der Waals surface area contributed by atoms with Crippen LogP contribution in [-0.4, -0.2) is 19.7 Å². The quantitative estimate of drug-likeness (QED) is 0.740. The van der Waals surface area contributed by atoms with Gasteiger partial charge in [0.15, 0.2) is 0 Å². The minimum absolute atomic E-state index is 0.407. The predicted octanol–water partition coefficient (Wildman–Crippen LogP) is 2.08. The van der Waals surface area contributed by atoms with Crippen LogP contribution < -0.4 is 0 Å². The maximum Gasteiger partial charge on any atom is 0.217 e. The summed E-state index contributed by atoms with van der Waals surface area (Å²) in [5.41, 5.74) is 2.09. The number of aryl methyl sites for hydroxylation is 1. The molecule has 0 radical (unpaired) electrons. The summed E-state index contributed by atoms with van der Waals surface area (Å²) in [6.07, 6.45) is 1.75. The Morgan fingerprint density at radius 3 is 2.71 bits per heavy atom. The average molecular weight is 229 g/mol. The molecule has 0 saturated carbocycles. The number of imidazole rings is 1. The first-order valence-corrected chi connectivity index (χ1v) is 5.46. The van der Waals surface area contributed by atoms with Gasteiger partial charge in [-0.3, -0.25) is 4.57 Å². The molecule has 0 N–H and O–H groups in total. The molecular formula is C8H9ClN4S. The fourth-order valence-electron chi connectivity index (χ4n) is 1.09. The summed E-state index contributed by atoms with van der Waals surface area (Å²) in [5, 5.41) is 9.63. The summed E-state index contributed by atoms with van der Waals surface area (Å²) in [5.74, 6) is 0.407. The van der Waals surface area contributed by atoms with Crippen molar-refractivity contribution in [2.75, 3.05) is 0 Å². The number of halogens is 1. The molecule has 0 aliphatic carbocycles. The van der Waals surface area contributed by atoms with Crippen molar-refractivity contribution in [3.8, 4) is 5.13 Å². The molecule has 2 rings (SSSR count). The van der Waals surface area contributed by atoms with Crippen LogP contribution in [0.5, 0.6) is 0 Å². The smallest absolute Gasteiger partial charge is 0.217 e. The van der Waals surface area contributed by atoms with Gasteiger partial charge >= 0.3 is 0 Å². The number of aromatic nitrogens is 4. The summed E-state index contributed by atoms with van der Waals surface area (Å²) < 4.78 is 1.92. The molecule has 0 saturated heterocycles. The Balaban J connectivity index is 2.44. The van der Waals surface area contributed by atoms with E-state index in [0.717, 1.165) is 21.5 Å². The average Bonchev–Trinajstić information content (AvgIpc) is 2.75. The molecule has 0 bridgehead atoms. The summed E-state index contributed by atoms with van der Waals surface area (Å²) in [4.78, 5) is 4.20. The second kappa shape index (κ2) is 3.67.